The van der Waals surface area contributed by atoms with E-state index in [0.29, 0.717) is 5.06 Å². The maximum absolute atomic E-state index is 11.5. The molecule has 3 aliphatic rings. The number of aliphatic hydroxyl groups is 2. The molecule has 176 valence electrons. The first-order chi connectivity index (χ1) is 14.0. The van der Waals surface area contributed by atoms with Gasteiger partial charge in [0, 0.05) is 0 Å². The Labute approximate surface area is 173 Å². The number of nitrogens with two attached hydrogens (primary N) is 2. The predicted octanol–water partition coefficient (Wildman–Crippen LogP) is -8.14. The molecule has 3 aliphatic heterocycles. The Balaban J connectivity index is 1.99. The predicted molar refractivity (Wildman–Crippen MR) is 91.2 cm³/mol. The first-order valence-corrected chi connectivity index (χ1v) is 10.9. The highest BCUT2D eigenvalue weighted by molar-refractivity contribution is 7.84. The lowest BCUT2D eigenvalue weighted by molar-refractivity contribution is -0.684. The van der Waals surface area contributed by atoms with Gasteiger partial charge in [-0.25, -0.2) is 24.1 Å². The van der Waals surface area contributed by atoms with Crippen LogP contribution in [0.1, 0.15) is 0 Å². The molecule has 0 aromatic rings. The molecule has 3 rings (SSSR count). The average Bonchev–Trinajstić information content (AvgIpc) is 3.02. The molecule has 0 aliphatic carbocycles. The second-order valence-corrected chi connectivity index (χ2v) is 8.92. The monoisotopic (exact) mass is 493 g/mol. The average molecular weight is 493 g/mol. The number of hydroxylamine groups is 2. The summed E-state index contributed by atoms with van der Waals surface area (Å²) in [6, 6.07) is -2.91. The molecule has 12 N–H and O–H groups in total. The number of carbonyl (C=O) groups is 1. The lowest BCUT2D eigenvalue weighted by Crippen LogP contribution is -2.91. The van der Waals surface area contributed by atoms with Gasteiger partial charge in [0.25, 0.3) is 11.4 Å². The molecule has 0 unspecified atom stereocenters. The number of hydrogen-bond acceptors (Lipinski definition) is 14. The normalized spacial score (nSPS) is 32.1. The van der Waals surface area contributed by atoms with Gasteiger partial charge in [0.05, 0.1) is 0 Å². The molecule has 1 spiro atoms. The minimum Gasteiger partial charge on any atom is -0.445 e. The van der Waals surface area contributed by atoms with Crippen molar-refractivity contribution in [2.75, 3.05) is 13.2 Å². The fourth-order valence-corrected chi connectivity index (χ4v) is 4.58. The van der Waals surface area contributed by atoms with Gasteiger partial charge < -0.3 is 14.9 Å². The van der Waals surface area contributed by atoms with Crippen LogP contribution >= 0.6 is 0 Å². The molecule has 31 heavy (non-hydrogen) atoms. The SMILES string of the molecule is NC1=[NH+][C@H]2[C@H](COC(=O)NS(=O)(=O)O)N(O)C(N)=[N+]3C[C@@H](OS(=O)(=O)O)C(O)(O)[C@]23N1. The topological polar surface area (TPSA) is 301 Å². The zero-order chi connectivity index (χ0) is 23.6. The molecule has 1 saturated heterocycles. The van der Waals surface area contributed by atoms with Gasteiger partial charge in [-0.2, -0.15) is 21.6 Å². The Morgan fingerprint density at radius 3 is 2.48 bits per heavy atom. The van der Waals surface area contributed by atoms with Gasteiger partial charge in [0.15, 0.2) is 18.2 Å². The lowest BCUT2D eigenvalue weighted by Gasteiger charge is -2.41. The van der Waals surface area contributed by atoms with Crippen LogP contribution < -0.4 is 26.5 Å². The number of hydrogen-bond donors (Lipinski definition) is 10. The zero-order valence-electron chi connectivity index (χ0n) is 15.1. The molecular formula is C10H19N7O12S2+2. The van der Waals surface area contributed by atoms with E-state index in [4.69, 9.17) is 20.6 Å². The molecule has 21 heteroatoms. The summed E-state index contributed by atoms with van der Waals surface area (Å²) >= 11 is 0. The van der Waals surface area contributed by atoms with Crippen LogP contribution in [0.3, 0.4) is 0 Å². The molecule has 3 heterocycles. The summed E-state index contributed by atoms with van der Waals surface area (Å²) < 4.78 is 72.1. The number of ether oxygens (including phenoxy) is 1. The molecule has 19 nitrogen and oxygen atoms in total. The van der Waals surface area contributed by atoms with Crippen molar-refractivity contribution in [3.05, 3.63) is 0 Å². The first kappa shape index (κ1) is 23.1. The fraction of sp³-hybridized carbons (Fsp3) is 0.700. The molecule has 0 aromatic heterocycles. The maximum atomic E-state index is 11.5. The Hall–Kier alpha value is -2.53. The third-order valence-corrected chi connectivity index (χ3v) is 5.82. The van der Waals surface area contributed by atoms with E-state index >= 15 is 0 Å². The quantitative estimate of drug-likeness (QED) is 0.0965. The van der Waals surface area contributed by atoms with Crippen molar-refractivity contribution < 1.29 is 64.6 Å². The van der Waals surface area contributed by atoms with Crippen molar-refractivity contribution in [1.29, 1.82) is 0 Å². The summed E-state index contributed by atoms with van der Waals surface area (Å²) in [5.74, 6) is -4.06. The van der Waals surface area contributed by atoms with Gasteiger partial charge in [-0.1, -0.05) is 0 Å². The summed E-state index contributed by atoms with van der Waals surface area (Å²) in [5, 5.41) is 34.8. The third kappa shape index (κ3) is 3.80. The van der Waals surface area contributed by atoms with Gasteiger partial charge in [0.2, 0.25) is 0 Å². The maximum Gasteiger partial charge on any atom is 0.422 e. The van der Waals surface area contributed by atoms with Crippen molar-refractivity contribution in [2.24, 2.45) is 11.5 Å². The van der Waals surface area contributed by atoms with Gasteiger partial charge in [0.1, 0.15) is 13.2 Å². The van der Waals surface area contributed by atoms with Crippen LogP contribution in [-0.4, -0.2) is 112 Å². The zero-order valence-corrected chi connectivity index (χ0v) is 16.7. The van der Waals surface area contributed by atoms with Crippen molar-refractivity contribution in [1.82, 2.24) is 15.1 Å². The Bertz CT molecular complexity index is 1070. The largest absolute Gasteiger partial charge is 0.445 e. The lowest BCUT2D eigenvalue weighted by atomic mass is 9.86. The fourth-order valence-electron chi connectivity index (χ4n) is 3.82. The standard InChI is InChI=1S/C10H17N7O12S2/c11-6-13-5-3(2-28-8(18)15-30(22,23)24)17(21)7(12)16-1-4(29-31(25,26)27)10(19,20)9(5,16)14-6/h3-5,12,19-21H,1-2H2,(H6,11,13,14,15,18,22,23,24,25,26,27)/p+2/t3-,4+,5-,9-/m0/s1. The van der Waals surface area contributed by atoms with E-state index in [1.54, 1.807) is 0 Å². The molecular weight excluding hydrogens is 474 g/mol. The molecule has 0 aromatic carbocycles. The molecule has 0 bridgehead atoms. The molecule has 1 fully saturated rings. The van der Waals surface area contributed by atoms with Crippen LogP contribution in [0.2, 0.25) is 0 Å². The van der Waals surface area contributed by atoms with Crippen molar-refractivity contribution >= 4 is 38.7 Å². The van der Waals surface area contributed by atoms with E-state index in [-0.39, 0.29) is 5.96 Å². The van der Waals surface area contributed by atoms with E-state index in [1.165, 1.54) is 0 Å². The highest BCUT2D eigenvalue weighted by Gasteiger charge is 2.80. The molecule has 0 saturated carbocycles. The van der Waals surface area contributed by atoms with E-state index in [1.807, 2.05) is 0 Å². The minimum absolute atomic E-state index is 0.300. The summed E-state index contributed by atoms with van der Waals surface area (Å²) in [5.41, 5.74) is 9.29. The van der Waals surface area contributed by atoms with E-state index in [9.17, 15) is 37.1 Å². The highest BCUT2D eigenvalue weighted by Crippen LogP contribution is 2.40. The molecule has 4 atom stereocenters. The van der Waals surface area contributed by atoms with Crippen molar-refractivity contribution in [3.8, 4) is 0 Å². The Kier molecular flexibility index (Phi) is 5.22. The number of rotatable bonds is 5. The minimum atomic E-state index is -5.17. The summed E-state index contributed by atoms with van der Waals surface area (Å²) in [7, 11) is -10.1. The van der Waals surface area contributed by atoms with E-state index in [0.717, 1.165) is 9.30 Å². The molecule has 0 radical (unpaired) electrons. The smallest absolute Gasteiger partial charge is 0.422 e. The van der Waals surface area contributed by atoms with Crippen LogP contribution in [0.25, 0.3) is 0 Å². The molecule has 1 amide bonds. The second-order valence-electron chi connectivity index (χ2n) is 6.72. The van der Waals surface area contributed by atoms with Crippen molar-refractivity contribution in [2.45, 2.75) is 29.6 Å². The third-order valence-electron chi connectivity index (χ3n) is 4.92. The number of nitrogens with zero attached hydrogens (tertiary/aromatic N) is 2. The highest BCUT2D eigenvalue weighted by atomic mass is 32.3. The first-order valence-electron chi connectivity index (χ1n) is 8.07. The number of guanidine groups is 2. The number of amides is 1. The van der Waals surface area contributed by atoms with Crippen LogP contribution in [0.5, 0.6) is 0 Å². The van der Waals surface area contributed by atoms with Gasteiger partial charge in [-0.05, 0) is 0 Å². The van der Waals surface area contributed by atoms with Crippen LogP contribution in [0, 0.1) is 0 Å². The Morgan fingerprint density at radius 1 is 1.32 bits per heavy atom. The Morgan fingerprint density at radius 2 is 1.94 bits per heavy atom. The number of carbonyl (C=O) groups excluding carboxylic acids is 1. The summed E-state index contributed by atoms with van der Waals surface area (Å²) in [6.45, 7) is -1.55. The van der Waals surface area contributed by atoms with Crippen LogP contribution in [0.15, 0.2) is 0 Å². The van der Waals surface area contributed by atoms with Crippen LogP contribution in [0.4, 0.5) is 4.79 Å². The van der Waals surface area contributed by atoms with Gasteiger partial charge >= 0.3 is 38.7 Å². The van der Waals surface area contributed by atoms with Gasteiger partial charge in [-0.15, -0.1) is 5.06 Å². The van der Waals surface area contributed by atoms with Gasteiger partial charge in [-0.3, -0.25) is 25.6 Å². The van der Waals surface area contributed by atoms with E-state index < -0.39 is 75.5 Å². The summed E-state index contributed by atoms with van der Waals surface area (Å²) in [4.78, 5) is 14.0. The second kappa shape index (κ2) is 6.99. The summed E-state index contributed by atoms with van der Waals surface area (Å²) in [6.07, 6.45) is -3.69. The van der Waals surface area contributed by atoms with E-state index in [2.05, 4.69) is 19.2 Å². The van der Waals surface area contributed by atoms with Crippen molar-refractivity contribution in [3.63, 3.8) is 0 Å². The van der Waals surface area contributed by atoms with Crippen LogP contribution in [-0.2, 0) is 29.6 Å². The number of nitrogens with one attached hydrogen (secondary N) is 3.